The lowest BCUT2D eigenvalue weighted by Gasteiger charge is -2.17. The number of aromatic nitrogens is 2. The van der Waals surface area contributed by atoms with Gasteiger partial charge in [-0.05, 0) is 25.3 Å². The molecule has 1 saturated carbocycles. The summed E-state index contributed by atoms with van der Waals surface area (Å²) >= 11 is 0. The zero-order valence-electron chi connectivity index (χ0n) is 15.9. The maximum Gasteiger partial charge on any atom is 0.242 e. The minimum atomic E-state index is -0.512. The summed E-state index contributed by atoms with van der Waals surface area (Å²) in [5.41, 5.74) is 1.21. The molecule has 6 nitrogen and oxygen atoms in total. The van der Waals surface area contributed by atoms with Crippen LogP contribution in [-0.4, -0.2) is 34.0 Å². The normalized spacial score (nSPS) is 15.4. The SMILES string of the molecule is CC(NC(=O)C1CCCC1)C(=O)NCCc1nccn1Cc1ccccc1. The topological polar surface area (TPSA) is 76.0 Å². The van der Waals surface area contributed by atoms with Gasteiger partial charge in [0.15, 0.2) is 0 Å². The molecule has 0 spiro atoms. The number of carbonyl (C=O) groups is 2. The van der Waals surface area contributed by atoms with Crippen molar-refractivity contribution in [1.82, 2.24) is 20.2 Å². The minimum absolute atomic E-state index is 0.00792. The third kappa shape index (κ3) is 5.42. The monoisotopic (exact) mass is 368 g/mol. The number of hydrogen-bond acceptors (Lipinski definition) is 3. The van der Waals surface area contributed by atoms with Crippen molar-refractivity contribution in [1.29, 1.82) is 0 Å². The van der Waals surface area contributed by atoms with Crippen LogP contribution in [-0.2, 0) is 22.6 Å². The van der Waals surface area contributed by atoms with E-state index >= 15 is 0 Å². The molecule has 1 aromatic heterocycles. The molecule has 0 saturated heterocycles. The summed E-state index contributed by atoms with van der Waals surface area (Å²) in [6.07, 6.45) is 8.46. The Labute approximate surface area is 160 Å². The van der Waals surface area contributed by atoms with Gasteiger partial charge in [-0.1, -0.05) is 43.2 Å². The maximum atomic E-state index is 12.2. The summed E-state index contributed by atoms with van der Waals surface area (Å²) in [6, 6.07) is 9.70. The molecule has 3 rings (SSSR count). The van der Waals surface area contributed by atoms with Crippen molar-refractivity contribution in [2.45, 2.75) is 51.6 Å². The molecule has 0 bridgehead atoms. The predicted octanol–water partition coefficient (Wildman–Crippen LogP) is 2.29. The van der Waals surface area contributed by atoms with Gasteiger partial charge in [0.2, 0.25) is 11.8 Å². The lowest BCUT2D eigenvalue weighted by molar-refractivity contribution is -0.130. The van der Waals surface area contributed by atoms with Crippen molar-refractivity contribution >= 4 is 11.8 Å². The van der Waals surface area contributed by atoms with Crippen LogP contribution in [0.25, 0.3) is 0 Å². The Hall–Kier alpha value is -2.63. The number of rotatable bonds is 8. The molecular weight excluding hydrogens is 340 g/mol. The fraction of sp³-hybridized carbons (Fsp3) is 0.476. The molecule has 2 N–H and O–H groups in total. The predicted molar refractivity (Wildman–Crippen MR) is 104 cm³/mol. The van der Waals surface area contributed by atoms with Crippen LogP contribution in [0.5, 0.6) is 0 Å². The van der Waals surface area contributed by atoms with Gasteiger partial charge >= 0.3 is 0 Å². The van der Waals surface area contributed by atoms with Gasteiger partial charge in [-0.25, -0.2) is 4.98 Å². The van der Waals surface area contributed by atoms with Crippen molar-refractivity contribution in [3.8, 4) is 0 Å². The van der Waals surface area contributed by atoms with Crippen LogP contribution < -0.4 is 10.6 Å². The van der Waals surface area contributed by atoms with Crippen LogP contribution in [0.15, 0.2) is 42.7 Å². The molecule has 1 atom stereocenters. The Morgan fingerprint density at radius 2 is 1.96 bits per heavy atom. The Bertz CT molecular complexity index is 751. The minimum Gasteiger partial charge on any atom is -0.354 e. The number of nitrogens with zero attached hydrogens (tertiary/aromatic N) is 2. The van der Waals surface area contributed by atoms with Gasteiger partial charge < -0.3 is 15.2 Å². The summed E-state index contributed by atoms with van der Waals surface area (Å²) in [7, 11) is 0. The van der Waals surface area contributed by atoms with Crippen LogP contribution in [0.1, 0.15) is 44.0 Å². The van der Waals surface area contributed by atoms with Crippen molar-refractivity contribution in [3.05, 3.63) is 54.1 Å². The number of amides is 2. The van der Waals surface area contributed by atoms with Crippen LogP contribution in [0.4, 0.5) is 0 Å². The molecule has 1 unspecified atom stereocenters. The molecule has 6 heteroatoms. The van der Waals surface area contributed by atoms with E-state index in [1.165, 1.54) is 5.56 Å². The number of carbonyl (C=O) groups excluding carboxylic acids is 2. The van der Waals surface area contributed by atoms with Gasteiger partial charge in [-0.2, -0.15) is 0 Å². The fourth-order valence-corrected chi connectivity index (χ4v) is 3.53. The lowest BCUT2D eigenvalue weighted by atomic mass is 10.1. The first kappa shape index (κ1) is 19.1. The Kier molecular flexibility index (Phi) is 6.63. The summed E-state index contributed by atoms with van der Waals surface area (Å²) < 4.78 is 2.09. The first-order chi connectivity index (χ1) is 13.1. The highest BCUT2D eigenvalue weighted by molar-refractivity contribution is 5.88. The van der Waals surface area contributed by atoms with E-state index in [9.17, 15) is 9.59 Å². The zero-order valence-corrected chi connectivity index (χ0v) is 15.9. The number of benzene rings is 1. The van der Waals surface area contributed by atoms with Gasteiger partial charge in [-0.3, -0.25) is 9.59 Å². The van der Waals surface area contributed by atoms with E-state index in [0.29, 0.717) is 13.0 Å². The number of imidazole rings is 1. The van der Waals surface area contributed by atoms with Crippen LogP contribution in [0, 0.1) is 5.92 Å². The summed E-state index contributed by atoms with van der Waals surface area (Å²) in [4.78, 5) is 28.8. The first-order valence-electron chi connectivity index (χ1n) is 9.75. The van der Waals surface area contributed by atoms with E-state index in [0.717, 1.165) is 38.1 Å². The van der Waals surface area contributed by atoms with Crippen LogP contribution in [0.2, 0.25) is 0 Å². The molecule has 1 fully saturated rings. The van der Waals surface area contributed by atoms with Gasteiger partial charge in [0.1, 0.15) is 11.9 Å². The molecule has 1 aliphatic rings. The molecule has 0 aliphatic heterocycles. The molecule has 1 aliphatic carbocycles. The molecule has 144 valence electrons. The largest absolute Gasteiger partial charge is 0.354 e. The molecule has 2 aromatic rings. The van der Waals surface area contributed by atoms with Crippen LogP contribution in [0.3, 0.4) is 0 Å². The molecule has 1 heterocycles. The average Bonchev–Trinajstić information content (AvgIpc) is 3.35. The highest BCUT2D eigenvalue weighted by Crippen LogP contribution is 2.24. The van der Waals surface area contributed by atoms with E-state index in [2.05, 4.69) is 32.3 Å². The second-order valence-electron chi connectivity index (χ2n) is 7.21. The van der Waals surface area contributed by atoms with E-state index in [1.807, 2.05) is 24.4 Å². The third-order valence-electron chi connectivity index (χ3n) is 5.12. The highest BCUT2D eigenvalue weighted by Gasteiger charge is 2.25. The van der Waals surface area contributed by atoms with Gasteiger partial charge in [0.05, 0.1) is 0 Å². The van der Waals surface area contributed by atoms with Gasteiger partial charge in [0.25, 0.3) is 0 Å². The molecular formula is C21H28N4O2. The number of nitrogens with one attached hydrogen (secondary N) is 2. The third-order valence-corrected chi connectivity index (χ3v) is 5.12. The fourth-order valence-electron chi connectivity index (χ4n) is 3.53. The second-order valence-corrected chi connectivity index (χ2v) is 7.21. The highest BCUT2D eigenvalue weighted by atomic mass is 16.2. The van der Waals surface area contributed by atoms with Crippen LogP contribution >= 0.6 is 0 Å². The van der Waals surface area contributed by atoms with Gasteiger partial charge in [0, 0.05) is 37.8 Å². The quantitative estimate of drug-likeness (QED) is 0.751. The molecule has 2 amide bonds. The van der Waals surface area contributed by atoms with Gasteiger partial charge in [-0.15, -0.1) is 0 Å². The maximum absolute atomic E-state index is 12.2. The summed E-state index contributed by atoms with van der Waals surface area (Å²) in [5.74, 6) is 0.864. The van der Waals surface area contributed by atoms with E-state index in [4.69, 9.17) is 0 Å². The Balaban J connectivity index is 1.43. The summed E-state index contributed by atoms with van der Waals surface area (Å²) in [6.45, 7) is 2.99. The number of hydrogen-bond donors (Lipinski definition) is 2. The molecule has 0 radical (unpaired) electrons. The van der Waals surface area contributed by atoms with Crippen molar-refractivity contribution < 1.29 is 9.59 Å². The smallest absolute Gasteiger partial charge is 0.242 e. The second kappa shape index (κ2) is 9.35. The molecule has 1 aromatic carbocycles. The lowest BCUT2D eigenvalue weighted by Crippen LogP contribution is -2.46. The van der Waals surface area contributed by atoms with Crippen molar-refractivity contribution in [2.75, 3.05) is 6.54 Å². The summed E-state index contributed by atoms with van der Waals surface area (Å²) in [5, 5.41) is 5.74. The van der Waals surface area contributed by atoms with E-state index in [-0.39, 0.29) is 17.7 Å². The van der Waals surface area contributed by atoms with E-state index in [1.54, 1.807) is 13.1 Å². The van der Waals surface area contributed by atoms with E-state index < -0.39 is 6.04 Å². The first-order valence-corrected chi connectivity index (χ1v) is 9.75. The Morgan fingerprint density at radius 1 is 1.22 bits per heavy atom. The average molecular weight is 368 g/mol. The Morgan fingerprint density at radius 3 is 2.70 bits per heavy atom. The van der Waals surface area contributed by atoms with Crippen molar-refractivity contribution in [3.63, 3.8) is 0 Å². The standard InChI is InChI=1S/C21H28N4O2/c1-16(24-21(27)18-9-5-6-10-18)20(26)23-12-11-19-22-13-14-25(19)15-17-7-3-2-4-8-17/h2-4,7-8,13-14,16,18H,5-6,9-12,15H2,1H3,(H,23,26)(H,24,27). The molecule has 27 heavy (non-hydrogen) atoms. The van der Waals surface area contributed by atoms with Crippen molar-refractivity contribution in [2.24, 2.45) is 5.92 Å². The zero-order chi connectivity index (χ0) is 19.1.